The monoisotopic (exact) mass is 428 g/mol. The van der Waals surface area contributed by atoms with Crippen LogP contribution in [0, 0.1) is 11.8 Å². The highest BCUT2D eigenvalue weighted by molar-refractivity contribution is 6.03. The quantitative estimate of drug-likeness (QED) is 0.589. The van der Waals surface area contributed by atoms with Crippen molar-refractivity contribution in [2.75, 3.05) is 18.0 Å². The van der Waals surface area contributed by atoms with Crippen LogP contribution >= 0.6 is 0 Å². The molecule has 1 unspecified atom stereocenters. The van der Waals surface area contributed by atoms with E-state index in [0.29, 0.717) is 11.8 Å². The van der Waals surface area contributed by atoms with Gasteiger partial charge in [0.05, 0.1) is 11.7 Å². The van der Waals surface area contributed by atoms with Crippen LogP contribution in [0.5, 0.6) is 0 Å². The molecule has 2 aliphatic heterocycles. The molecule has 8 heteroatoms. The molecule has 2 fully saturated rings. The number of hydrogen-bond donors (Lipinski definition) is 2. The van der Waals surface area contributed by atoms with E-state index in [4.69, 9.17) is 0 Å². The van der Waals surface area contributed by atoms with Gasteiger partial charge in [0.15, 0.2) is 12.5 Å². The third-order valence-corrected chi connectivity index (χ3v) is 6.60. The number of H-pyrrole nitrogens is 1. The summed E-state index contributed by atoms with van der Waals surface area (Å²) in [5.74, 6) is 1.80. The number of aromatic nitrogens is 2. The number of nitrogens with one attached hydrogen (secondary N) is 2. The van der Waals surface area contributed by atoms with Gasteiger partial charge in [-0.3, -0.25) is 25.0 Å². The number of anilines is 1. The van der Waals surface area contributed by atoms with Crippen LogP contribution in [-0.2, 0) is 9.59 Å². The second-order valence-corrected chi connectivity index (χ2v) is 8.91. The molecule has 162 valence electrons. The van der Waals surface area contributed by atoms with Crippen LogP contribution in [0.2, 0.25) is 0 Å². The molecule has 2 N–H and O–H groups in total. The van der Waals surface area contributed by atoms with Crippen molar-refractivity contribution in [2.45, 2.75) is 25.4 Å². The van der Waals surface area contributed by atoms with Gasteiger partial charge in [-0.15, -0.1) is 0 Å². The third-order valence-electron chi connectivity index (χ3n) is 6.60. The van der Waals surface area contributed by atoms with E-state index in [2.05, 4.69) is 51.1 Å². The molecule has 1 aliphatic carbocycles. The molecule has 3 aromatic rings. The molecular weight excluding hydrogens is 404 g/mol. The van der Waals surface area contributed by atoms with Crippen molar-refractivity contribution in [1.29, 1.82) is 0 Å². The fourth-order valence-corrected chi connectivity index (χ4v) is 4.61. The Hall–Kier alpha value is -3.68. The molecule has 1 atom stereocenters. The minimum absolute atomic E-state index is 0.268. The highest BCUT2D eigenvalue weighted by Crippen LogP contribution is 2.35. The normalized spacial score (nSPS) is 20.8. The molecule has 3 heterocycles. The average molecular weight is 428 g/mol. The van der Waals surface area contributed by atoms with Crippen LogP contribution in [-0.4, -0.2) is 52.4 Å². The maximum absolute atomic E-state index is 12.2. The second-order valence-electron chi connectivity index (χ2n) is 8.91. The van der Waals surface area contributed by atoms with Gasteiger partial charge in [-0.2, -0.15) is 10.2 Å². The summed E-state index contributed by atoms with van der Waals surface area (Å²) >= 11 is 0. The van der Waals surface area contributed by atoms with Crippen molar-refractivity contribution < 1.29 is 9.59 Å². The molecular formula is C24H24N6O2. The number of aldehydes is 1. The maximum Gasteiger partial charge on any atom is 0.225 e. The summed E-state index contributed by atoms with van der Waals surface area (Å²) < 4.78 is 0. The Kier molecular flexibility index (Phi) is 4.45. The molecule has 32 heavy (non-hydrogen) atoms. The first kappa shape index (κ1) is 19.0. The van der Waals surface area contributed by atoms with Crippen LogP contribution < -0.4 is 10.3 Å². The minimum atomic E-state index is -0.513. The average Bonchev–Trinajstić information content (AvgIpc) is 3.40. The first-order chi connectivity index (χ1) is 15.7. The van der Waals surface area contributed by atoms with E-state index in [-0.39, 0.29) is 5.92 Å². The van der Waals surface area contributed by atoms with Gasteiger partial charge in [0.1, 0.15) is 5.84 Å². The third kappa shape index (κ3) is 3.32. The Balaban J connectivity index is 1.17. The van der Waals surface area contributed by atoms with Crippen LogP contribution in [0.1, 0.15) is 19.3 Å². The van der Waals surface area contributed by atoms with Crippen molar-refractivity contribution >= 4 is 34.6 Å². The zero-order chi connectivity index (χ0) is 21.7. The first-order valence-corrected chi connectivity index (χ1v) is 11.1. The lowest BCUT2D eigenvalue weighted by atomic mass is 9.94. The lowest BCUT2D eigenvalue weighted by molar-refractivity contribution is -0.138. The lowest BCUT2D eigenvalue weighted by Crippen LogP contribution is -2.52. The van der Waals surface area contributed by atoms with Crippen LogP contribution in [0.3, 0.4) is 0 Å². The van der Waals surface area contributed by atoms with Gasteiger partial charge in [-0.25, -0.2) is 0 Å². The van der Waals surface area contributed by atoms with E-state index in [1.54, 1.807) is 0 Å². The van der Waals surface area contributed by atoms with Crippen molar-refractivity contribution in [2.24, 2.45) is 16.9 Å². The number of carbonyl (C=O) groups is 2. The molecule has 0 spiro atoms. The van der Waals surface area contributed by atoms with Gasteiger partial charge >= 0.3 is 0 Å². The van der Waals surface area contributed by atoms with Gasteiger partial charge in [-0.1, -0.05) is 24.3 Å². The summed E-state index contributed by atoms with van der Waals surface area (Å²) in [6.45, 7) is 1.56. The topological polar surface area (TPSA) is 93.7 Å². The molecule has 8 nitrogen and oxygen atoms in total. The predicted octanol–water partition coefficient (Wildman–Crippen LogP) is 2.74. The molecule has 3 aliphatic rings. The van der Waals surface area contributed by atoms with E-state index in [0.717, 1.165) is 72.2 Å². The number of amidine groups is 1. The maximum atomic E-state index is 12.2. The van der Waals surface area contributed by atoms with Gasteiger partial charge in [0.2, 0.25) is 5.91 Å². The Morgan fingerprint density at radius 2 is 1.88 bits per heavy atom. The van der Waals surface area contributed by atoms with Crippen molar-refractivity contribution in [1.82, 2.24) is 20.5 Å². The smallest absolute Gasteiger partial charge is 0.225 e. The summed E-state index contributed by atoms with van der Waals surface area (Å²) in [6, 6.07) is 14.4. The highest BCUT2D eigenvalue weighted by atomic mass is 16.2. The molecule has 1 aromatic heterocycles. The Morgan fingerprint density at radius 1 is 1.09 bits per heavy atom. The number of aromatic amines is 1. The molecule has 0 radical (unpaired) electrons. The van der Waals surface area contributed by atoms with Crippen molar-refractivity contribution in [3.8, 4) is 11.1 Å². The number of amides is 1. The zero-order valence-electron chi connectivity index (χ0n) is 17.6. The highest BCUT2D eigenvalue weighted by Gasteiger charge is 2.40. The fraction of sp³-hybridized carbons (Fsp3) is 0.333. The number of likely N-dealkylation sites (tertiary alicyclic amines) is 1. The molecule has 2 aromatic carbocycles. The van der Waals surface area contributed by atoms with E-state index in [1.165, 1.54) is 0 Å². The van der Waals surface area contributed by atoms with Gasteiger partial charge < -0.3 is 4.90 Å². The van der Waals surface area contributed by atoms with E-state index in [1.807, 2.05) is 28.1 Å². The molecule has 1 saturated heterocycles. The number of fused-ring (bicyclic) bond motifs is 1. The van der Waals surface area contributed by atoms with Crippen LogP contribution in [0.25, 0.3) is 22.0 Å². The Labute approximate surface area is 185 Å². The predicted molar refractivity (Wildman–Crippen MR) is 122 cm³/mol. The number of nitrogens with zero attached hydrogens (tertiary/aromatic N) is 4. The standard InChI is InChI=1S/C24H24N6O2/c31-14-23-28-27-22(9-15-12-29(13-15)24(32)17-1-2-17)30(23)20-7-5-16(6-8-20)18-3-4-19-11-25-26-21(19)10-18/h3-8,10-11,14-15,17,23,28H,1-2,9,12-13H2,(H,25,26). The summed E-state index contributed by atoms with van der Waals surface area (Å²) in [5, 5.41) is 12.6. The SMILES string of the molecule is O=CC1NN=C(CC2CN(C(=O)C3CC3)C2)N1c1ccc(-c2ccc3cn[nH]c3c2)cc1. The number of rotatable bonds is 6. The minimum Gasteiger partial charge on any atom is -0.342 e. The summed E-state index contributed by atoms with van der Waals surface area (Å²) in [4.78, 5) is 27.8. The summed E-state index contributed by atoms with van der Waals surface area (Å²) in [5.41, 5.74) is 7.05. The van der Waals surface area contributed by atoms with Gasteiger partial charge in [0.25, 0.3) is 0 Å². The zero-order valence-corrected chi connectivity index (χ0v) is 17.6. The number of carbonyl (C=O) groups excluding carboxylic acids is 2. The molecule has 1 saturated carbocycles. The van der Waals surface area contributed by atoms with E-state index >= 15 is 0 Å². The number of hydrazone groups is 1. The Morgan fingerprint density at radius 3 is 2.62 bits per heavy atom. The van der Waals surface area contributed by atoms with E-state index in [9.17, 15) is 9.59 Å². The van der Waals surface area contributed by atoms with Crippen molar-refractivity contribution in [3.63, 3.8) is 0 Å². The van der Waals surface area contributed by atoms with Gasteiger partial charge in [-0.05, 0) is 42.2 Å². The van der Waals surface area contributed by atoms with Crippen LogP contribution in [0.4, 0.5) is 5.69 Å². The fourth-order valence-electron chi connectivity index (χ4n) is 4.61. The lowest BCUT2D eigenvalue weighted by Gasteiger charge is -2.40. The first-order valence-electron chi connectivity index (χ1n) is 11.1. The summed E-state index contributed by atoms with van der Waals surface area (Å²) in [7, 11) is 0. The number of benzene rings is 2. The Bertz CT molecular complexity index is 1210. The molecule has 1 amide bonds. The largest absolute Gasteiger partial charge is 0.342 e. The van der Waals surface area contributed by atoms with Gasteiger partial charge in [0, 0.05) is 42.4 Å². The number of hydrogen-bond acceptors (Lipinski definition) is 6. The van der Waals surface area contributed by atoms with E-state index < -0.39 is 6.17 Å². The molecule has 0 bridgehead atoms. The molecule has 6 rings (SSSR count). The second kappa shape index (κ2) is 7.47. The summed E-state index contributed by atoms with van der Waals surface area (Å²) in [6.07, 6.45) is 4.99. The van der Waals surface area contributed by atoms with Crippen LogP contribution in [0.15, 0.2) is 53.8 Å². The van der Waals surface area contributed by atoms with Crippen molar-refractivity contribution in [3.05, 3.63) is 48.7 Å².